The fourth-order valence-corrected chi connectivity index (χ4v) is 3.35. The first-order valence-electron chi connectivity index (χ1n) is 8.71. The van der Waals surface area contributed by atoms with Crippen LogP contribution in [0.3, 0.4) is 0 Å². The molecule has 2 heterocycles. The van der Waals surface area contributed by atoms with Crippen LogP contribution in [0.5, 0.6) is 5.88 Å². The molecule has 0 bridgehead atoms. The summed E-state index contributed by atoms with van der Waals surface area (Å²) in [4.78, 5) is 19.2. The lowest BCUT2D eigenvalue weighted by Crippen LogP contribution is -2.10. The summed E-state index contributed by atoms with van der Waals surface area (Å²) < 4.78 is 10.9. The monoisotopic (exact) mass is 419 g/mol. The number of benzene rings is 1. The minimum Gasteiger partial charge on any atom is -0.481 e. The Bertz CT molecular complexity index is 945. The summed E-state index contributed by atoms with van der Waals surface area (Å²) in [5.74, 6) is 1.77. The van der Waals surface area contributed by atoms with Crippen molar-refractivity contribution in [3.05, 3.63) is 63.6 Å². The molecule has 0 unspecified atom stereocenters. The van der Waals surface area contributed by atoms with E-state index in [0.717, 1.165) is 29.9 Å². The highest BCUT2D eigenvalue weighted by molar-refractivity contribution is 6.35. The minimum atomic E-state index is -0.533. The summed E-state index contributed by atoms with van der Waals surface area (Å²) >= 11 is 11.2. The number of carbonyl (C=O) groups excluding carboxylic acids is 1. The molecule has 0 saturated carbocycles. The zero-order valence-corrected chi connectivity index (χ0v) is 16.8. The van der Waals surface area contributed by atoms with Crippen LogP contribution in [0.2, 0.25) is 10.0 Å². The predicted octanol–water partition coefficient (Wildman–Crippen LogP) is 4.72. The fraction of sp³-hybridized carbons (Fsp3) is 0.250. The molecule has 2 N–H and O–H groups in total. The number of ether oxygens (including phenoxy) is 1. The molecule has 146 valence electrons. The number of oxazole rings is 1. The van der Waals surface area contributed by atoms with E-state index in [4.69, 9.17) is 38.1 Å². The van der Waals surface area contributed by atoms with Crippen molar-refractivity contribution in [2.24, 2.45) is 5.73 Å². The quantitative estimate of drug-likeness (QED) is 0.662. The van der Waals surface area contributed by atoms with Gasteiger partial charge in [0.05, 0.1) is 12.8 Å². The Morgan fingerprint density at radius 1 is 1.14 bits per heavy atom. The Morgan fingerprint density at radius 2 is 1.86 bits per heavy atom. The van der Waals surface area contributed by atoms with E-state index in [-0.39, 0.29) is 0 Å². The number of nitrogens with two attached hydrogens (primary N) is 1. The van der Waals surface area contributed by atoms with Crippen molar-refractivity contribution in [2.75, 3.05) is 7.11 Å². The first-order chi connectivity index (χ1) is 13.5. The maximum Gasteiger partial charge on any atom is 0.248 e. The van der Waals surface area contributed by atoms with Gasteiger partial charge in [0.15, 0.2) is 0 Å². The lowest BCUT2D eigenvalue weighted by Gasteiger charge is -2.05. The van der Waals surface area contributed by atoms with Gasteiger partial charge in [0.1, 0.15) is 5.76 Å². The third-order valence-corrected chi connectivity index (χ3v) is 4.62. The summed E-state index contributed by atoms with van der Waals surface area (Å²) in [6.45, 7) is 0. The van der Waals surface area contributed by atoms with Crippen LogP contribution >= 0.6 is 23.2 Å². The number of aryl methyl sites for hydroxylation is 2. The van der Waals surface area contributed by atoms with Crippen LogP contribution in [0.1, 0.15) is 34.7 Å². The van der Waals surface area contributed by atoms with Gasteiger partial charge in [-0.2, -0.15) is 0 Å². The van der Waals surface area contributed by atoms with Gasteiger partial charge in [0.25, 0.3) is 0 Å². The van der Waals surface area contributed by atoms with E-state index in [0.29, 0.717) is 27.4 Å². The number of hydrogen-bond acceptors (Lipinski definition) is 5. The van der Waals surface area contributed by atoms with Crippen LogP contribution < -0.4 is 10.5 Å². The van der Waals surface area contributed by atoms with Crippen molar-refractivity contribution in [2.45, 2.75) is 25.7 Å². The number of amides is 1. The van der Waals surface area contributed by atoms with E-state index in [2.05, 4.69) is 9.97 Å². The average Bonchev–Trinajstić information content (AvgIpc) is 3.12. The Hall–Kier alpha value is -2.57. The molecule has 6 nitrogen and oxygen atoms in total. The highest BCUT2D eigenvalue weighted by Gasteiger charge is 2.18. The van der Waals surface area contributed by atoms with Crippen LogP contribution in [0, 0.1) is 0 Å². The van der Waals surface area contributed by atoms with Crippen LogP contribution in [0.4, 0.5) is 0 Å². The molecule has 0 fully saturated rings. The lowest BCUT2D eigenvalue weighted by atomic mass is 10.0. The Morgan fingerprint density at radius 3 is 2.50 bits per heavy atom. The van der Waals surface area contributed by atoms with Crippen molar-refractivity contribution >= 4 is 29.1 Å². The third kappa shape index (κ3) is 5.03. The average molecular weight is 420 g/mol. The summed E-state index contributed by atoms with van der Waals surface area (Å²) in [7, 11) is 1.60. The number of nitrogens with zero attached hydrogens (tertiary/aromatic N) is 2. The van der Waals surface area contributed by atoms with E-state index in [1.807, 2.05) is 12.1 Å². The highest BCUT2D eigenvalue weighted by Crippen LogP contribution is 2.28. The molecular weight excluding hydrogens is 401 g/mol. The van der Waals surface area contributed by atoms with Gasteiger partial charge in [-0.15, -0.1) is 0 Å². The first-order valence-corrected chi connectivity index (χ1v) is 9.46. The van der Waals surface area contributed by atoms with Gasteiger partial charge >= 0.3 is 0 Å². The second kappa shape index (κ2) is 9.08. The van der Waals surface area contributed by atoms with Crippen LogP contribution in [0.25, 0.3) is 11.5 Å². The molecule has 1 aromatic carbocycles. The molecule has 0 radical (unpaired) electrons. The number of hydrogen-bond donors (Lipinski definition) is 1. The standard InChI is InChI=1S/C13H14N2O2.C7H5Cl2NO/c1-16-12-8-9(6-7-14-12)13-15-10-4-2-3-5-11(10)17-13;8-5-1-4(7(10)11)2-6(9)3-5/h6-8H,2-5H2,1H3;1-3H,(H2,10,11). The largest absolute Gasteiger partial charge is 0.481 e. The molecule has 2 aromatic heterocycles. The SMILES string of the molecule is COc1cc(-c2nc3c(o2)CCCC3)ccn1.NC(=O)c1cc(Cl)cc(Cl)c1. The molecule has 0 atom stereocenters. The van der Waals surface area contributed by atoms with Crippen molar-refractivity contribution in [3.63, 3.8) is 0 Å². The molecule has 0 spiro atoms. The number of carbonyl (C=O) groups is 1. The summed E-state index contributed by atoms with van der Waals surface area (Å²) in [6.07, 6.45) is 6.14. The molecule has 0 aliphatic heterocycles. The van der Waals surface area contributed by atoms with Crippen molar-refractivity contribution < 1.29 is 13.9 Å². The van der Waals surface area contributed by atoms with Gasteiger partial charge in [-0.3, -0.25) is 4.79 Å². The number of primary amides is 1. The van der Waals surface area contributed by atoms with Gasteiger partial charge in [0, 0.05) is 39.9 Å². The number of fused-ring (bicyclic) bond motifs is 1. The third-order valence-electron chi connectivity index (χ3n) is 4.18. The smallest absolute Gasteiger partial charge is 0.248 e. The number of methoxy groups -OCH3 is 1. The van der Waals surface area contributed by atoms with Gasteiger partial charge < -0.3 is 14.9 Å². The second-order valence-electron chi connectivity index (χ2n) is 6.21. The number of rotatable bonds is 3. The summed E-state index contributed by atoms with van der Waals surface area (Å²) in [5, 5.41) is 0.817. The summed E-state index contributed by atoms with van der Waals surface area (Å²) in [6, 6.07) is 8.21. The van der Waals surface area contributed by atoms with Gasteiger partial charge in [-0.25, -0.2) is 9.97 Å². The van der Waals surface area contributed by atoms with Crippen LogP contribution in [0.15, 0.2) is 40.9 Å². The molecule has 1 aliphatic carbocycles. The molecule has 0 saturated heterocycles. The van der Waals surface area contributed by atoms with Crippen LogP contribution in [-0.4, -0.2) is 23.0 Å². The lowest BCUT2D eigenvalue weighted by molar-refractivity contribution is 0.100. The van der Waals surface area contributed by atoms with Gasteiger partial charge in [-0.1, -0.05) is 23.2 Å². The number of aromatic nitrogens is 2. The normalized spacial score (nSPS) is 12.5. The summed E-state index contributed by atoms with van der Waals surface area (Å²) in [5.41, 5.74) is 7.35. The Labute approximate surface area is 172 Å². The molecule has 1 amide bonds. The van der Waals surface area contributed by atoms with Crippen molar-refractivity contribution in [3.8, 4) is 17.3 Å². The zero-order valence-electron chi connectivity index (χ0n) is 15.2. The fourth-order valence-electron chi connectivity index (χ4n) is 2.83. The molecule has 4 rings (SSSR count). The van der Waals surface area contributed by atoms with Gasteiger partial charge in [-0.05, 0) is 43.5 Å². The van der Waals surface area contributed by atoms with E-state index < -0.39 is 5.91 Å². The van der Waals surface area contributed by atoms with Gasteiger partial charge in [0.2, 0.25) is 17.7 Å². The Kier molecular flexibility index (Phi) is 6.54. The van der Waals surface area contributed by atoms with Crippen LogP contribution in [-0.2, 0) is 12.8 Å². The topological polar surface area (TPSA) is 91.2 Å². The van der Waals surface area contributed by atoms with E-state index in [9.17, 15) is 4.79 Å². The molecule has 1 aliphatic rings. The van der Waals surface area contributed by atoms with E-state index >= 15 is 0 Å². The number of halogens is 2. The van der Waals surface area contributed by atoms with Crippen molar-refractivity contribution in [1.29, 1.82) is 0 Å². The molecule has 28 heavy (non-hydrogen) atoms. The van der Waals surface area contributed by atoms with E-state index in [1.165, 1.54) is 31.0 Å². The minimum absolute atomic E-state index is 0.322. The Balaban J connectivity index is 0.000000178. The molecule has 8 heteroatoms. The molecular formula is C20H19Cl2N3O3. The molecule has 3 aromatic rings. The second-order valence-corrected chi connectivity index (χ2v) is 7.08. The first kappa shape index (κ1) is 20.2. The maximum absolute atomic E-state index is 10.6. The van der Waals surface area contributed by atoms with Crippen molar-refractivity contribution in [1.82, 2.24) is 9.97 Å². The number of pyridine rings is 1. The van der Waals surface area contributed by atoms with E-state index in [1.54, 1.807) is 13.3 Å². The maximum atomic E-state index is 10.6. The predicted molar refractivity (Wildman–Crippen MR) is 108 cm³/mol. The highest BCUT2D eigenvalue weighted by atomic mass is 35.5. The zero-order chi connectivity index (χ0) is 20.1.